The summed E-state index contributed by atoms with van der Waals surface area (Å²) in [5.41, 5.74) is -0.264. The third kappa shape index (κ3) is 3.46. The van der Waals surface area contributed by atoms with Crippen molar-refractivity contribution in [2.24, 2.45) is 5.41 Å². The number of hydrogen-bond donors (Lipinski definition) is 1. The van der Waals surface area contributed by atoms with Crippen LogP contribution in [0.5, 0.6) is 0 Å². The highest BCUT2D eigenvalue weighted by atomic mass is 16.5. The Kier molecular flexibility index (Phi) is 5.77. The van der Waals surface area contributed by atoms with Gasteiger partial charge in [-0.25, -0.2) is 0 Å². The fourth-order valence-corrected chi connectivity index (χ4v) is 2.30. The van der Waals surface area contributed by atoms with Crippen LogP contribution in [0, 0.1) is 5.41 Å². The summed E-state index contributed by atoms with van der Waals surface area (Å²) in [5.74, 6) is -0.0207. The van der Waals surface area contributed by atoms with E-state index in [0.717, 1.165) is 38.8 Å². The standard InChI is InChI=1S/C12H23NO3/c1-3-16-11(14)12(5-4-10-15-2)6-8-13-9-7-12/h13H,3-10H2,1-2H3. The van der Waals surface area contributed by atoms with Crippen molar-refractivity contribution in [1.82, 2.24) is 5.32 Å². The monoisotopic (exact) mass is 229 g/mol. The van der Waals surface area contributed by atoms with Gasteiger partial charge in [-0.05, 0) is 45.7 Å². The first-order valence-electron chi connectivity index (χ1n) is 6.12. The average molecular weight is 229 g/mol. The molecule has 0 aromatic carbocycles. The molecule has 0 radical (unpaired) electrons. The maximum atomic E-state index is 12.0. The van der Waals surface area contributed by atoms with Crippen molar-refractivity contribution in [2.75, 3.05) is 33.4 Å². The van der Waals surface area contributed by atoms with E-state index < -0.39 is 0 Å². The molecule has 1 N–H and O–H groups in total. The molecule has 0 aromatic rings. The lowest BCUT2D eigenvalue weighted by Crippen LogP contribution is -2.43. The molecule has 0 unspecified atom stereocenters. The first-order chi connectivity index (χ1) is 7.75. The maximum Gasteiger partial charge on any atom is 0.312 e. The zero-order chi connectivity index (χ0) is 11.9. The van der Waals surface area contributed by atoms with Crippen molar-refractivity contribution in [3.63, 3.8) is 0 Å². The summed E-state index contributed by atoms with van der Waals surface area (Å²) in [5, 5.41) is 3.29. The zero-order valence-electron chi connectivity index (χ0n) is 10.4. The molecule has 1 heterocycles. The van der Waals surface area contributed by atoms with Gasteiger partial charge < -0.3 is 14.8 Å². The summed E-state index contributed by atoms with van der Waals surface area (Å²) in [6, 6.07) is 0. The van der Waals surface area contributed by atoms with Crippen LogP contribution in [0.1, 0.15) is 32.6 Å². The Balaban J connectivity index is 2.55. The molecular formula is C12H23NO3. The van der Waals surface area contributed by atoms with E-state index in [0.29, 0.717) is 13.2 Å². The Morgan fingerprint density at radius 2 is 2.06 bits per heavy atom. The number of carbonyl (C=O) groups excluding carboxylic acids is 1. The molecule has 1 fully saturated rings. The van der Waals surface area contributed by atoms with Gasteiger partial charge in [-0.1, -0.05) is 0 Å². The van der Waals surface area contributed by atoms with Gasteiger partial charge in [-0.15, -0.1) is 0 Å². The Labute approximate surface area is 97.7 Å². The molecular weight excluding hydrogens is 206 g/mol. The van der Waals surface area contributed by atoms with Gasteiger partial charge >= 0.3 is 5.97 Å². The highest BCUT2D eigenvalue weighted by molar-refractivity contribution is 5.77. The number of rotatable bonds is 6. The summed E-state index contributed by atoms with van der Waals surface area (Å²) < 4.78 is 10.3. The van der Waals surface area contributed by atoms with Gasteiger partial charge in [-0.3, -0.25) is 4.79 Å². The fourth-order valence-electron chi connectivity index (χ4n) is 2.30. The number of hydrogen-bond acceptors (Lipinski definition) is 4. The van der Waals surface area contributed by atoms with E-state index in [-0.39, 0.29) is 11.4 Å². The quantitative estimate of drug-likeness (QED) is 0.551. The van der Waals surface area contributed by atoms with Crippen molar-refractivity contribution >= 4 is 5.97 Å². The zero-order valence-corrected chi connectivity index (χ0v) is 10.4. The molecule has 0 atom stereocenters. The molecule has 1 aliphatic rings. The van der Waals surface area contributed by atoms with Gasteiger partial charge in [0.1, 0.15) is 0 Å². The van der Waals surface area contributed by atoms with Crippen molar-refractivity contribution in [3.05, 3.63) is 0 Å². The first-order valence-corrected chi connectivity index (χ1v) is 6.12. The van der Waals surface area contributed by atoms with Crippen LogP contribution in [0.3, 0.4) is 0 Å². The van der Waals surface area contributed by atoms with Crippen LogP contribution in [0.4, 0.5) is 0 Å². The van der Waals surface area contributed by atoms with Gasteiger partial charge in [0.25, 0.3) is 0 Å². The van der Waals surface area contributed by atoms with Gasteiger partial charge in [0, 0.05) is 13.7 Å². The predicted molar refractivity (Wildman–Crippen MR) is 62.3 cm³/mol. The lowest BCUT2D eigenvalue weighted by atomic mass is 9.75. The minimum Gasteiger partial charge on any atom is -0.466 e. The van der Waals surface area contributed by atoms with E-state index in [1.54, 1.807) is 7.11 Å². The third-order valence-corrected chi connectivity index (χ3v) is 3.27. The topological polar surface area (TPSA) is 47.6 Å². The highest BCUT2D eigenvalue weighted by Gasteiger charge is 2.40. The molecule has 1 rings (SSSR count). The third-order valence-electron chi connectivity index (χ3n) is 3.27. The number of ether oxygens (including phenoxy) is 2. The lowest BCUT2D eigenvalue weighted by Gasteiger charge is -2.35. The Morgan fingerprint density at radius 3 is 2.62 bits per heavy atom. The molecule has 1 aliphatic heterocycles. The van der Waals surface area contributed by atoms with Crippen molar-refractivity contribution in [3.8, 4) is 0 Å². The second kappa shape index (κ2) is 6.86. The van der Waals surface area contributed by atoms with Crippen molar-refractivity contribution < 1.29 is 14.3 Å². The second-order valence-electron chi connectivity index (χ2n) is 4.35. The van der Waals surface area contributed by atoms with Crippen molar-refractivity contribution in [2.45, 2.75) is 32.6 Å². The van der Waals surface area contributed by atoms with Gasteiger partial charge in [0.05, 0.1) is 12.0 Å². The summed E-state index contributed by atoms with van der Waals surface area (Å²) in [6.07, 6.45) is 3.57. The van der Waals surface area contributed by atoms with E-state index >= 15 is 0 Å². The van der Waals surface area contributed by atoms with Crippen LogP contribution in [-0.2, 0) is 14.3 Å². The number of carbonyl (C=O) groups is 1. The minimum atomic E-state index is -0.264. The van der Waals surface area contributed by atoms with E-state index in [1.807, 2.05) is 6.92 Å². The molecule has 0 aliphatic carbocycles. The molecule has 16 heavy (non-hydrogen) atoms. The van der Waals surface area contributed by atoms with Crippen LogP contribution in [0.2, 0.25) is 0 Å². The molecule has 0 amide bonds. The van der Waals surface area contributed by atoms with Crippen LogP contribution in [0.25, 0.3) is 0 Å². The van der Waals surface area contributed by atoms with E-state index in [9.17, 15) is 4.79 Å². The number of nitrogens with one attached hydrogen (secondary N) is 1. The van der Waals surface area contributed by atoms with Gasteiger partial charge in [0.2, 0.25) is 0 Å². The summed E-state index contributed by atoms with van der Waals surface area (Å²) in [7, 11) is 1.69. The first kappa shape index (κ1) is 13.5. The number of piperidine rings is 1. The molecule has 0 spiro atoms. The number of esters is 1. The van der Waals surface area contributed by atoms with Gasteiger partial charge in [0.15, 0.2) is 0 Å². The molecule has 4 heteroatoms. The smallest absolute Gasteiger partial charge is 0.312 e. The van der Waals surface area contributed by atoms with Crippen LogP contribution >= 0.6 is 0 Å². The van der Waals surface area contributed by atoms with Crippen LogP contribution in [0.15, 0.2) is 0 Å². The Morgan fingerprint density at radius 1 is 1.38 bits per heavy atom. The SMILES string of the molecule is CCOC(=O)C1(CCCOC)CCNCC1. The molecule has 4 nitrogen and oxygen atoms in total. The van der Waals surface area contributed by atoms with Crippen molar-refractivity contribution in [1.29, 1.82) is 0 Å². The molecule has 0 saturated carbocycles. The second-order valence-corrected chi connectivity index (χ2v) is 4.35. The van der Waals surface area contributed by atoms with Crippen LogP contribution in [-0.4, -0.2) is 39.4 Å². The summed E-state index contributed by atoms with van der Waals surface area (Å²) >= 11 is 0. The largest absolute Gasteiger partial charge is 0.466 e. The molecule has 0 aromatic heterocycles. The lowest BCUT2D eigenvalue weighted by molar-refractivity contribution is -0.158. The van der Waals surface area contributed by atoms with Gasteiger partial charge in [-0.2, -0.15) is 0 Å². The van der Waals surface area contributed by atoms with E-state index in [2.05, 4.69) is 5.32 Å². The van der Waals surface area contributed by atoms with E-state index in [4.69, 9.17) is 9.47 Å². The summed E-state index contributed by atoms with van der Waals surface area (Å²) in [6.45, 7) is 4.87. The minimum absolute atomic E-state index is 0.0207. The summed E-state index contributed by atoms with van der Waals surface area (Å²) in [4.78, 5) is 12.0. The fraction of sp³-hybridized carbons (Fsp3) is 0.917. The highest BCUT2D eigenvalue weighted by Crippen LogP contribution is 2.35. The maximum absolute atomic E-state index is 12.0. The van der Waals surface area contributed by atoms with E-state index in [1.165, 1.54) is 0 Å². The predicted octanol–water partition coefficient (Wildman–Crippen LogP) is 1.35. The normalized spacial score (nSPS) is 19.4. The molecule has 94 valence electrons. The Hall–Kier alpha value is -0.610. The molecule has 0 bridgehead atoms. The Bertz CT molecular complexity index is 212. The molecule has 1 saturated heterocycles. The number of methoxy groups -OCH3 is 1. The average Bonchev–Trinajstić information content (AvgIpc) is 2.31. The van der Waals surface area contributed by atoms with Crippen LogP contribution < -0.4 is 5.32 Å².